The first-order valence-corrected chi connectivity index (χ1v) is 8.72. The monoisotopic (exact) mass is 396 g/mol. The number of nitrogens with one attached hydrogen (secondary N) is 4. The molecule has 2 aliphatic heterocycles. The molecule has 6 unspecified atom stereocenters. The van der Waals surface area contributed by atoms with Crippen LogP contribution in [-0.2, 0) is 17.1 Å². The van der Waals surface area contributed by atoms with Gasteiger partial charge in [0, 0.05) is 28.9 Å². The third kappa shape index (κ3) is 3.86. The van der Waals surface area contributed by atoms with Crippen LogP contribution in [-0.4, -0.2) is 22.7 Å². The third-order valence-corrected chi connectivity index (χ3v) is 5.30. The zero-order chi connectivity index (χ0) is 17.2. The van der Waals surface area contributed by atoms with E-state index in [1.54, 1.807) is 0 Å². The van der Waals surface area contributed by atoms with E-state index >= 15 is 0 Å². The molecule has 2 heterocycles. The quantitative estimate of drug-likeness (QED) is 0.432. The topological polar surface area (TPSA) is 88.6 Å². The molecular formula is C19H24FeN4O2. The standard InChI is InChI=1S/C19H24N4O2.Fe/c24-18-14(16(20-22-18)12-7-3-1-4-8-12)11-15-17(21-23-19(15)25)13-9-5-2-6-10-13;/h1-10,14-25H,11H2;. The van der Waals surface area contributed by atoms with Crippen molar-refractivity contribution in [2.24, 2.45) is 11.8 Å². The molecule has 6 atom stereocenters. The van der Waals surface area contributed by atoms with Crippen molar-refractivity contribution in [2.45, 2.75) is 31.0 Å². The van der Waals surface area contributed by atoms with E-state index in [-0.39, 0.29) is 41.0 Å². The summed E-state index contributed by atoms with van der Waals surface area (Å²) in [5.41, 5.74) is 14.5. The Hall–Kier alpha value is -1.28. The fourth-order valence-electron chi connectivity index (χ4n) is 3.97. The van der Waals surface area contributed by atoms with Gasteiger partial charge in [-0.05, 0) is 17.5 Å². The molecule has 0 aromatic heterocycles. The maximum Gasteiger partial charge on any atom is 0.121 e. The number of hydrazine groups is 2. The minimum Gasteiger partial charge on any atom is -0.377 e. The molecule has 2 aliphatic rings. The number of aliphatic hydroxyl groups excluding tert-OH is 2. The van der Waals surface area contributed by atoms with Crippen LogP contribution in [0.15, 0.2) is 60.7 Å². The molecule has 4 rings (SSSR count). The van der Waals surface area contributed by atoms with Crippen molar-refractivity contribution in [3.63, 3.8) is 0 Å². The van der Waals surface area contributed by atoms with E-state index in [0.29, 0.717) is 6.42 Å². The molecule has 0 amide bonds. The molecule has 0 saturated carbocycles. The Bertz CT molecular complexity index is 631. The molecule has 0 radical (unpaired) electrons. The summed E-state index contributed by atoms with van der Waals surface area (Å²) in [7, 11) is 0. The molecule has 2 fully saturated rings. The van der Waals surface area contributed by atoms with Crippen molar-refractivity contribution in [3.8, 4) is 0 Å². The van der Waals surface area contributed by atoms with E-state index in [0.717, 1.165) is 11.1 Å². The zero-order valence-corrected chi connectivity index (χ0v) is 15.3. The van der Waals surface area contributed by atoms with E-state index in [4.69, 9.17) is 0 Å². The summed E-state index contributed by atoms with van der Waals surface area (Å²) < 4.78 is 0. The van der Waals surface area contributed by atoms with Crippen molar-refractivity contribution < 1.29 is 27.3 Å². The summed E-state index contributed by atoms with van der Waals surface area (Å²) in [6.45, 7) is 0. The van der Waals surface area contributed by atoms with Gasteiger partial charge >= 0.3 is 0 Å². The van der Waals surface area contributed by atoms with Crippen LogP contribution in [0.1, 0.15) is 29.6 Å². The molecular weight excluding hydrogens is 372 g/mol. The molecule has 6 nitrogen and oxygen atoms in total. The fraction of sp³-hybridized carbons (Fsp3) is 0.368. The number of benzene rings is 2. The van der Waals surface area contributed by atoms with E-state index < -0.39 is 12.5 Å². The molecule has 6 N–H and O–H groups in total. The van der Waals surface area contributed by atoms with Gasteiger partial charge in [0.25, 0.3) is 0 Å². The molecule has 0 aliphatic carbocycles. The molecule has 7 heteroatoms. The molecule has 0 spiro atoms. The molecule has 2 saturated heterocycles. The van der Waals surface area contributed by atoms with Crippen molar-refractivity contribution in [3.05, 3.63) is 71.8 Å². The average molecular weight is 396 g/mol. The second-order valence-corrected chi connectivity index (χ2v) is 6.81. The Labute approximate surface area is 163 Å². The van der Waals surface area contributed by atoms with Gasteiger partial charge in [0.05, 0.1) is 12.1 Å². The number of rotatable bonds is 4. The van der Waals surface area contributed by atoms with Crippen molar-refractivity contribution in [2.75, 3.05) is 0 Å². The van der Waals surface area contributed by atoms with Crippen LogP contribution >= 0.6 is 0 Å². The minimum absolute atomic E-state index is 0. The fourth-order valence-corrected chi connectivity index (χ4v) is 3.97. The smallest absolute Gasteiger partial charge is 0.121 e. The Morgan fingerprint density at radius 2 is 1.00 bits per heavy atom. The molecule has 2 aromatic rings. The van der Waals surface area contributed by atoms with Gasteiger partial charge in [0.2, 0.25) is 0 Å². The van der Waals surface area contributed by atoms with Gasteiger partial charge in [-0.3, -0.25) is 0 Å². The molecule has 0 bridgehead atoms. The summed E-state index contributed by atoms with van der Waals surface area (Å²) in [5, 5.41) is 20.9. The summed E-state index contributed by atoms with van der Waals surface area (Å²) in [6.07, 6.45) is -0.648. The summed E-state index contributed by atoms with van der Waals surface area (Å²) in [5.74, 6) is -0.0927. The van der Waals surface area contributed by atoms with Crippen LogP contribution in [0.25, 0.3) is 0 Å². The second-order valence-electron chi connectivity index (χ2n) is 6.81. The molecule has 26 heavy (non-hydrogen) atoms. The van der Waals surface area contributed by atoms with Gasteiger partial charge in [-0.15, -0.1) is 0 Å². The Morgan fingerprint density at radius 3 is 1.38 bits per heavy atom. The number of aliphatic hydroxyl groups is 2. The van der Waals surface area contributed by atoms with Crippen LogP contribution in [0.3, 0.4) is 0 Å². The van der Waals surface area contributed by atoms with Gasteiger partial charge in [0.1, 0.15) is 12.5 Å². The normalized spacial score (nSPS) is 33.8. The first-order valence-electron chi connectivity index (χ1n) is 8.72. The average Bonchev–Trinajstić information content (AvgIpc) is 3.21. The predicted octanol–water partition coefficient (Wildman–Crippen LogP) is 0.941. The van der Waals surface area contributed by atoms with Crippen LogP contribution in [0.5, 0.6) is 0 Å². The summed E-state index contributed by atoms with van der Waals surface area (Å²) in [4.78, 5) is 0. The van der Waals surface area contributed by atoms with Crippen molar-refractivity contribution in [1.82, 2.24) is 21.7 Å². The largest absolute Gasteiger partial charge is 0.377 e. The maximum absolute atomic E-state index is 10.4. The SMILES string of the molecule is OC1NNC(c2ccccc2)C1CC1C(O)NNC1c1ccccc1.[Fe]. The van der Waals surface area contributed by atoms with E-state index in [2.05, 4.69) is 46.0 Å². The number of hydrogen-bond donors (Lipinski definition) is 6. The van der Waals surface area contributed by atoms with Crippen LogP contribution in [0, 0.1) is 11.8 Å². The van der Waals surface area contributed by atoms with Gasteiger partial charge in [-0.2, -0.15) is 0 Å². The second kappa shape index (κ2) is 8.61. The Morgan fingerprint density at radius 1 is 0.615 bits per heavy atom. The van der Waals surface area contributed by atoms with Crippen molar-refractivity contribution in [1.29, 1.82) is 0 Å². The van der Waals surface area contributed by atoms with Crippen LogP contribution < -0.4 is 21.7 Å². The maximum atomic E-state index is 10.4. The van der Waals surface area contributed by atoms with Gasteiger partial charge in [-0.25, -0.2) is 21.7 Å². The van der Waals surface area contributed by atoms with E-state index in [1.165, 1.54) is 0 Å². The first kappa shape index (κ1) is 19.5. The third-order valence-electron chi connectivity index (χ3n) is 5.30. The minimum atomic E-state index is -0.658. The molecule has 2 aromatic carbocycles. The summed E-state index contributed by atoms with van der Waals surface area (Å²) in [6, 6.07) is 20.2. The summed E-state index contributed by atoms with van der Waals surface area (Å²) >= 11 is 0. The predicted molar refractivity (Wildman–Crippen MR) is 94.5 cm³/mol. The van der Waals surface area contributed by atoms with Crippen molar-refractivity contribution >= 4 is 0 Å². The van der Waals surface area contributed by atoms with Crippen LogP contribution in [0.4, 0.5) is 0 Å². The Balaban J connectivity index is 0.00000196. The van der Waals surface area contributed by atoms with Gasteiger partial charge < -0.3 is 10.2 Å². The van der Waals surface area contributed by atoms with Gasteiger partial charge in [-0.1, -0.05) is 60.7 Å². The van der Waals surface area contributed by atoms with Gasteiger partial charge in [0.15, 0.2) is 0 Å². The van der Waals surface area contributed by atoms with E-state index in [9.17, 15) is 10.2 Å². The van der Waals surface area contributed by atoms with Crippen LogP contribution in [0.2, 0.25) is 0 Å². The zero-order valence-electron chi connectivity index (χ0n) is 14.2. The molecule has 140 valence electrons. The first-order chi connectivity index (χ1) is 12.2. The number of hydrogen-bond acceptors (Lipinski definition) is 6. The van der Waals surface area contributed by atoms with E-state index in [1.807, 2.05) is 36.4 Å². The Kier molecular flexibility index (Phi) is 6.45.